The van der Waals surface area contributed by atoms with Gasteiger partial charge in [0.15, 0.2) is 0 Å². The van der Waals surface area contributed by atoms with E-state index in [0.717, 1.165) is 18.4 Å². The summed E-state index contributed by atoms with van der Waals surface area (Å²) >= 11 is 0. The third kappa shape index (κ3) is 4.62. The largest absolute Gasteiger partial charge is 0.324 e. The molecule has 2 aromatic carbocycles. The van der Waals surface area contributed by atoms with Crippen LogP contribution in [0.1, 0.15) is 31.2 Å². The zero-order chi connectivity index (χ0) is 22.0. The molecule has 0 aromatic heterocycles. The third-order valence-electron chi connectivity index (χ3n) is 5.59. The van der Waals surface area contributed by atoms with Gasteiger partial charge in [0, 0.05) is 30.9 Å². The summed E-state index contributed by atoms with van der Waals surface area (Å²) in [6.07, 6.45) is 3.09. The van der Waals surface area contributed by atoms with Gasteiger partial charge in [-0.2, -0.15) is 4.31 Å². The molecular formula is C22H24FN3O4S. The number of amides is 2. The number of aryl methyl sites for hydroxylation is 1. The van der Waals surface area contributed by atoms with Crippen LogP contribution in [0.5, 0.6) is 0 Å². The van der Waals surface area contributed by atoms with Gasteiger partial charge < -0.3 is 10.2 Å². The van der Waals surface area contributed by atoms with Crippen LogP contribution >= 0.6 is 0 Å². The maximum atomic E-state index is 13.4. The second-order valence-electron chi connectivity index (χ2n) is 7.79. The molecule has 0 aliphatic carbocycles. The first-order valence-corrected chi connectivity index (χ1v) is 11.8. The highest BCUT2D eigenvalue weighted by atomic mass is 32.2. The van der Waals surface area contributed by atoms with Crippen LogP contribution in [0.2, 0.25) is 0 Å². The molecule has 9 heteroatoms. The van der Waals surface area contributed by atoms with E-state index in [1.807, 2.05) is 0 Å². The smallest absolute Gasteiger partial charge is 0.244 e. The van der Waals surface area contributed by atoms with E-state index in [1.54, 1.807) is 18.2 Å². The van der Waals surface area contributed by atoms with Gasteiger partial charge >= 0.3 is 0 Å². The Bertz CT molecular complexity index is 1110. The van der Waals surface area contributed by atoms with Crippen molar-refractivity contribution >= 4 is 33.2 Å². The van der Waals surface area contributed by atoms with E-state index in [-0.39, 0.29) is 23.8 Å². The number of nitrogens with one attached hydrogen (secondary N) is 1. The van der Waals surface area contributed by atoms with Gasteiger partial charge in [-0.15, -0.1) is 0 Å². The standard InChI is InChI=1S/C22H24FN3O4S/c23-17-6-4-7-18(14-17)24-21(27)15-26-20-10-9-19(13-16(20)5-3-8-22(26)28)31(29,30)25-11-1-2-12-25/h4,6-7,9-10,13-14H,1-3,5,8,11-12,15H2,(H,24,27). The molecule has 2 heterocycles. The normalized spacial score (nSPS) is 17.3. The van der Waals surface area contributed by atoms with Crippen LogP contribution in [-0.2, 0) is 26.0 Å². The number of carbonyl (C=O) groups is 2. The first kappa shape index (κ1) is 21.5. The van der Waals surface area contributed by atoms with E-state index in [9.17, 15) is 22.4 Å². The molecule has 0 radical (unpaired) electrons. The zero-order valence-corrected chi connectivity index (χ0v) is 17.8. The Morgan fingerprint density at radius 1 is 1.03 bits per heavy atom. The fraction of sp³-hybridized carbons (Fsp3) is 0.364. The predicted molar refractivity (Wildman–Crippen MR) is 115 cm³/mol. The van der Waals surface area contributed by atoms with Gasteiger partial charge in [-0.3, -0.25) is 9.59 Å². The number of rotatable bonds is 5. The molecule has 0 spiro atoms. The van der Waals surface area contributed by atoms with Crippen LogP contribution in [-0.4, -0.2) is 44.2 Å². The summed E-state index contributed by atoms with van der Waals surface area (Å²) in [4.78, 5) is 26.8. The Kier molecular flexibility index (Phi) is 6.06. The molecule has 4 rings (SSSR count). The minimum atomic E-state index is -3.57. The van der Waals surface area contributed by atoms with Crippen LogP contribution in [0.3, 0.4) is 0 Å². The van der Waals surface area contributed by atoms with Crippen molar-refractivity contribution in [3.63, 3.8) is 0 Å². The van der Waals surface area contributed by atoms with Gasteiger partial charge in [-0.05, 0) is 67.6 Å². The highest BCUT2D eigenvalue weighted by molar-refractivity contribution is 7.89. The summed E-state index contributed by atoms with van der Waals surface area (Å²) < 4.78 is 40.7. The van der Waals surface area contributed by atoms with Crippen LogP contribution in [0, 0.1) is 5.82 Å². The van der Waals surface area contributed by atoms with Crippen LogP contribution in [0.15, 0.2) is 47.4 Å². The number of sulfonamides is 1. The van der Waals surface area contributed by atoms with Gasteiger partial charge in [-0.25, -0.2) is 12.8 Å². The van der Waals surface area contributed by atoms with Crippen LogP contribution < -0.4 is 10.2 Å². The summed E-state index contributed by atoms with van der Waals surface area (Å²) in [6.45, 7) is 0.801. The number of anilines is 2. The zero-order valence-electron chi connectivity index (χ0n) is 17.0. The molecule has 0 unspecified atom stereocenters. The number of fused-ring (bicyclic) bond motifs is 1. The molecule has 7 nitrogen and oxygen atoms in total. The number of halogens is 1. The quantitative estimate of drug-likeness (QED) is 0.767. The van der Waals surface area contributed by atoms with Crippen molar-refractivity contribution in [2.75, 3.05) is 29.9 Å². The van der Waals surface area contributed by atoms with Crippen molar-refractivity contribution in [1.82, 2.24) is 4.31 Å². The molecular weight excluding hydrogens is 421 g/mol. The fourth-order valence-corrected chi connectivity index (χ4v) is 5.61. The lowest BCUT2D eigenvalue weighted by atomic mass is 10.1. The van der Waals surface area contributed by atoms with E-state index in [1.165, 1.54) is 33.5 Å². The second-order valence-corrected chi connectivity index (χ2v) is 9.73. The van der Waals surface area contributed by atoms with Crippen molar-refractivity contribution in [1.29, 1.82) is 0 Å². The average Bonchev–Trinajstić information content (AvgIpc) is 3.23. The lowest BCUT2D eigenvalue weighted by Crippen LogP contribution is -2.37. The minimum absolute atomic E-state index is 0.205. The lowest BCUT2D eigenvalue weighted by Gasteiger charge is -2.23. The molecule has 0 bridgehead atoms. The number of carbonyl (C=O) groups excluding carboxylic acids is 2. The molecule has 1 N–H and O–H groups in total. The molecule has 2 aliphatic heterocycles. The molecule has 1 saturated heterocycles. The highest BCUT2D eigenvalue weighted by Crippen LogP contribution is 2.31. The van der Waals surface area contributed by atoms with Crippen molar-refractivity contribution in [3.05, 3.63) is 53.8 Å². The fourth-order valence-electron chi connectivity index (χ4n) is 4.05. The van der Waals surface area contributed by atoms with Crippen molar-refractivity contribution in [2.45, 2.75) is 37.0 Å². The van der Waals surface area contributed by atoms with Crippen LogP contribution in [0.4, 0.5) is 15.8 Å². The van der Waals surface area contributed by atoms with Gasteiger partial charge in [0.05, 0.1) is 4.90 Å². The van der Waals surface area contributed by atoms with Crippen LogP contribution in [0.25, 0.3) is 0 Å². The Hall–Kier alpha value is -2.78. The molecule has 2 aromatic rings. The topological polar surface area (TPSA) is 86.8 Å². The molecule has 2 amide bonds. The molecule has 0 atom stereocenters. The minimum Gasteiger partial charge on any atom is -0.324 e. The highest BCUT2D eigenvalue weighted by Gasteiger charge is 2.30. The van der Waals surface area contributed by atoms with E-state index < -0.39 is 21.7 Å². The van der Waals surface area contributed by atoms with Crippen molar-refractivity contribution < 1.29 is 22.4 Å². The first-order valence-electron chi connectivity index (χ1n) is 10.3. The monoisotopic (exact) mass is 445 g/mol. The average molecular weight is 446 g/mol. The Balaban J connectivity index is 1.58. The number of hydrogen-bond acceptors (Lipinski definition) is 4. The van der Waals surface area contributed by atoms with E-state index >= 15 is 0 Å². The summed E-state index contributed by atoms with van der Waals surface area (Å²) in [6, 6.07) is 10.3. The molecule has 31 heavy (non-hydrogen) atoms. The van der Waals surface area contributed by atoms with Gasteiger partial charge in [-0.1, -0.05) is 6.07 Å². The summed E-state index contributed by atoms with van der Waals surface area (Å²) in [5.74, 6) is -1.13. The van der Waals surface area contributed by atoms with Crippen molar-refractivity contribution in [2.24, 2.45) is 0 Å². The predicted octanol–water partition coefficient (Wildman–Crippen LogP) is 2.92. The molecule has 164 valence electrons. The SMILES string of the molecule is O=C(CN1C(=O)CCCc2cc(S(=O)(=O)N3CCCC3)ccc21)Nc1cccc(F)c1. The Morgan fingerprint density at radius 3 is 2.55 bits per heavy atom. The molecule has 1 fully saturated rings. The Morgan fingerprint density at radius 2 is 1.81 bits per heavy atom. The van der Waals surface area contributed by atoms with E-state index in [0.29, 0.717) is 37.3 Å². The molecule has 0 saturated carbocycles. The van der Waals surface area contributed by atoms with E-state index in [4.69, 9.17) is 0 Å². The van der Waals surface area contributed by atoms with Crippen molar-refractivity contribution in [3.8, 4) is 0 Å². The maximum absolute atomic E-state index is 13.4. The summed E-state index contributed by atoms with van der Waals surface area (Å²) in [7, 11) is -3.57. The van der Waals surface area contributed by atoms with Gasteiger partial charge in [0.1, 0.15) is 12.4 Å². The first-order chi connectivity index (χ1) is 14.8. The Labute approximate surface area is 180 Å². The number of benzene rings is 2. The summed E-state index contributed by atoms with van der Waals surface area (Å²) in [5, 5.41) is 2.60. The number of hydrogen-bond donors (Lipinski definition) is 1. The van der Waals surface area contributed by atoms with E-state index in [2.05, 4.69) is 5.32 Å². The molecule has 2 aliphatic rings. The maximum Gasteiger partial charge on any atom is 0.244 e. The number of nitrogens with zero attached hydrogens (tertiary/aromatic N) is 2. The summed E-state index contributed by atoms with van der Waals surface area (Å²) in [5.41, 5.74) is 1.57. The second kappa shape index (κ2) is 8.76. The van der Waals surface area contributed by atoms with Gasteiger partial charge in [0.2, 0.25) is 21.8 Å². The van der Waals surface area contributed by atoms with Gasteiger partial charge in [0.25, 0.3) is 0 Å². The lowest BCUT2D eigenvalue weighted by molar-refractivity contribution is -0.121. The third-order valence-corrected chi connectivity index (χ3v) is 7.49.